The molecule has 0 radical (unpaired) electrons. The average molecular weight is 325 g/mol. The molecule has 2 aromatic carbocycles. The molecule has 0 spiro atoms. The summed E-state index contributed by atoms with van der Waals surface area (Å²) in [5, 5.41) is 13.1. The van der Waals surface area contributed by atoms with E-state index in [9.17, 15) is 8.78 Å². The normalized spacial score (nSPS) is 10.6. The first-order chi connectivity index (χ1) is 11.7. The highest BCUT2D eigenvalue weighted by molar-refractivity contribution is 5.91. The van der Waals surface area contributed by atoms with Gasteiger partial charge in [-0.3, -0.25) is 0 Å². The molecule has 0 saturated heterocycles. The van der Waals surface area contributed by atoms with Gasteiger partial charge in [0.15, 0.2) is 0 Å². The molecular formula is C18H13F2N3O. The van der Waals surface area contributed by atoms with E-state index < -0.39 is 6.61 Å². The molecule has 0 saturated carbocycles. The van der Waals surface area contributed by atoms with Crippen LogP contribution in [-0.2, 0) is 6.54 Å². The minimum Gasteiger partial charge on any atom is -0.434 e. The third kappa shape index (κ3) is 3.41. The van der Waals surface area contributed by atoms with Gasteiger partial charge in [0, 0.05) is 23.2 Å². The van der Waals surface area contributed by atoms with Crippen molar-refractivity contribution in [2.45, 2.75) is 13.2 Å². The van der Waals surface area contributed by atoms with Crippen molar-refractivity contribution in [1.29, 1.82) is 5.26 Å². The Labute approximate surface area is 137 Å². The minimum atomic E-state index is -2.88. The molecule has 0 unspecified atom stereocenters. The highest BCUT2D eigenvalue weighted by Crippen LogP contribution is 2.26. The molecule has 3 aromatic rings. The van der Waals surface area contributed by atoms with Crippen LogP contribution in [0.1, 0.15) is 11.3 Å². The lowest BCUT2D eigenvalue weighted by Crippen LogP contribution is -2.07. The zero-order chi connectivity index (χ0) is 16.9. The molecule has 3 rings (SSSR count). The number of hydrogen-bond donors (Lipinski definition) is 1. The quantitative estimate of drug-likeness (QED) is 0.759. The van der Waals surface area contributed by atoms with Crippen LogP contribution in [0, 0.1) is 11.3 Å². The van der Waals surface area contributed by atoms with Gasteiger partial charge < -0.3 is 10.1 Å². The number of hydrogen-bond acceptors (Lipinski definition) is 4. The number of nitrogens with one attached hydrogen (secondary N) is 1. The fourth-order valence-electron chi connectivity index (χ4n) is 2.43. The van der Waals surface area contributed by atoms with E-state index in [2.05, 4.69) is 15.0 Å². The molecule has 0 atom stereocenters. The lowest BCUT2D eigenvalue weighted by Gasteiger charge is -2.13. The van der Waals surface area contributed by atoms with Gasteiger partial charge in [-0.05, 0) is 18.2 Å². The average Bonchev–Trinajstić information content (AvgIpc) is 2.60. The first-order valence-corrected chi connectivity index (χ1v) is 7.24. The van der Waals surface area contributed by atoms with Gasteiger partial charge in [0.1, 0.15) is 17.5 Å². The lowest BCUT2D eigenvalue weighted by molar-refractivity contribution is -0.0504. The first kappa shape index (κ1) is 15.7. The number of nitriles is 1. The van der Waals surface area contributed by atoms with Gasteiger partial charge in [0.05, 0.1) is 5.52 Å². The summed E-state index contributed by atoms with van der Waals surface area (Å²) >= 11 is 0. The zero-order valence-corrected chi connectivity index (χ0v) is 12.5. The van der Waals surface area contributed by atoms with E-state index in [1.807, 2.05) is 30.3 Å². The Morgan fingerprint density at radius 3 is 2.67 bits per heavy atom. The number of alkyl halides is 2. The van der Waals surface area contributed by atoms with Crippen LogP contribution in [0.25, 0.3) is 10.9 Å². The number of benzene rings is 2. The molecule has 1 heterocycles. The predicted octanol–water partition coefficient (Wildman–Crippen LogP) is 4.32. The summed E-state index contributed by atoms with van der Waals surface area (Å²) < 4.78 is 29.5. The molecule has 0 aliphatic rings. The van der Waals surface area contributed by atoms with Gasteiger partial charge in [-0.1, -0.05) is 36.4 Å². The molecule has 0 aliphatic heterocycles. The maximum absolute atomic E-state index is 12.5. The molecule has 120 valence electrons. The second-order valence-electron chi connectivity index (χ2n) is 5.02. The van der Waals surface area contributed by atoms with Crippen molar-refractivity contribution in [2.24, 2.45) is 0 Å². The van der Waals surface area contributed by atoms with E-state index in [-0.39, 0.29) is 18.0 Å². The Morgan fingerprint density at radius 1 is 1.12 bits per heavy atom. The Kier molecular flexibility index (Phi) is 4.52. The van der Waals surface area contributed by atoms with E-state index in [4.69, 9.17) is 5.26 Å². The zero-order valence-electron chi connectivity index (χ0n) is 12.5. The van der Waals surface area contributed by atoms with Gasteiger partial charge in [0.2, 0.25) is 0 Å². The molecule has 0 fully saturated rings. The number of rotatable bonds is 5. The van der Waals surface area contributed by atoms with Crippen molar-refractivity contribution in [3.8, 4) is 11.8 Å². The van der Waals surface area contributed by atoms with Gasteiger partial charge in [-0.2, -0.15) is 14.0 Å². The Balaban J connectivity index is 1.90. The van der Waals surface area contributed by atoms with Crippen molar-refractivity contribution in [1.82, 2.24) is 4.98 Å². The van der Waals surface area contributed by atoms with E-state index in [0.717, 1.165) is 5.39 Å². The van der Waals surface area contributed by atoms with Crippen LogP contribution in [-0.4, -0.2) is 11.6 Å². The van der Waals surface area contributed by atoms with Crippen LogP contribution < -0.4 is 10.1 Å². The second-order valence-corrected chi connectivity index (χ2v) is 5.02. The summed E-state index contributed by atoms with van der Waals surface area (Å²) in [5.74, 6) is 0.124. The highest BCUT2D eigenvalue weighted by Gasteiger charge is 2.10. The van der Waals surface area contributed by atoms with Crippen molar-refractivity contribution >= 4 is 16.6 Å². The van der Waals surface area contributed by atoms with Gasteiger partial charge in [-0.15, -0.1) is 0 Å². The largest absolute Gasteiger partial charge is 0.434 e. The third-order valence-electron chi connectivity index (χ3n) is 3.49. The van der Waals surface area contributed by atoms with Crippen LogP contribution >= 0.6 is 0 Å². The van der Waals surface area contributed by atoms with Crippen LogP contribution in [0.15, 0.2) is 54.6 Å². The van der Waals surface area contributed by atoms with E-state index in [1.54, 1.807) is 24.3 Å². The summed E-state index contributed by atoms with van der Waals surface area (Å²) in [6.07, 6.45) is 0. The number of nitrogens with zero attached hydrogens (tertiary/aromatic N) is 2. The van der Waals surface area contributed by atoms with Crippen LogP contribution in [0.4, 0.5) is 14.5 Å². The molecule has 1 aromatic heterocycles. The topological polar surface area (TPSA) is 57.9 Å². The van der Waals surface area contributed by atoms with Gasteiger partial charge in [-0.25, -0.2) is 4.98 Å². The number of ether oxygens (including phenoxy) is 1. The number of fused-ring (bicyclic) bond motifs is 1. The summed E-state index contributed by atoms with van der Waals surface area (Å²) in [7, 11) is 0. The van der Waals surface area contributed by atoms with Crippen molar-refractivity contribution in [3.63, 3.8) is 0 Å². The lowest BCUT2D eigenvalue weighted by atomic mass is 10.1. The number of halogens is 2. The molecular weight excluding hydrogens is 312 g/mol. The summed E-state index contributed by atoms with van der Waals surface area (Å²) in [6, 6.07) is 17.7. The summed E-state index contributed by atoms with van der Waals surface area (Å²) in [5.41, 5.74) is 2.28. The Hall–Kier alpha value is -3.20. The predicted molar refractivity (Wildman–Crippen MR) is 86.9 cm³/mol. The smallest absolute Gasteiger partial charge is 0.387 e. The fraction of sp³-hybridized carbons (Fsp3) is 0.111. The standard InChI is InChI=1S/C18H13F2N3O/c19-18(20)24-17-8-4-1-5-12(17)11-22-16-9-13(10-21)23-15-7-3-2-6-14(15)16/h1-9,18H,11H2,(H,22,23). The highest BCUT2D eigenvalue weighted by atomic mass is 19.3. The van der Waals surface area contributed by atoms with Crippen LogP contribution in [0.2, 0.25) is 0 Å². The van der Waals surface area contributed by atoms with E-state index in [0.29, 0.717) is 16.8 Å². The molecule has 4 nitrogen and oxygen atoms in total. The second kappa shape index (κ2) is 6.92. The molecule has 0 aliphatic carbocycles. The minimum absolute atomic E-state index is 0.124. The Bertz CT molecular complexity index is 906. The van der Waals surface area contributed by atoms with E-state index >= 15 is 0 Å². The maximum atomic E-state index is 12.5. The first-order valence-electron chi connectivity index (χ1n) is 7.24. The fourth-order valence-corrected chi connectivity index (χ4v) is 2.43. The molecule has 6 heteroatoms. The SMILES string of the molecule is N#Cc1cc(NCc2ccccc2OC(F)F)c2ccccc2n1. The van der Waals surface area contributed by atoms with Crippen molar-refractivity contribution in [3.05, 3.63) is 65.9 Å². The van der Waals surface area contributed by atoms with Gasteiger partial charge >= 0.3 is 6.61 Å². The number of para-hydroxylation sites is 2. The number of pyridine rings is 1. The summed E-state index contributed by atoms with van der Waals surface area (Å²) in [6.45, 7) is -2.60. The number of anilines is 1. The molecule has 1 N–H and O–H groups in total. The number of aromatic nitrogens is 1. The maximum Gasteiger partial charge on any atom is 0.387 e. The van der Waals surface area contributed by atoms with E-state index in [1.165, 1.54) is 6.07 Å². The summed E-state index contributed by atoms with van der Waals surface area (Å²) in [4.78, 5) is 4.24. The Morgan fingerprint density at radius 2 is 1.88 bits per heavy atom. The van der Waals surface area contributed by atoms with Gasteiger partial charge in [0.25, 0.3) is 0 Å². The van der Waals surface area contributed by atoms with Crippen LogP contribution in [0.5, 0.6) is 5.75 Å². The van der Waals surface area contributed by atoms with Crippen molar-refractivity contribution in [2.75, 3.05) is 5.32 Å². The molecule has 24 heavy (non-hydrogen) atoms. The third-order valence-corrected chi connectivity index (χ3v) is 3.49. The monoisotopic (exact) mass is 325 g/mol. The molecule has 0 bridgehead atoms. The van der Waals surface area contributed by atoms with Crippen molar-refractivity contribution < 1.29 is 13.5 Å². The molecule has 0 amide bonds. The van der Waals surface area contributed by atoms with Crippen LogP contribution in [0.3, 0.4) is 0 Å².